The van der Waals surface area contributed by atoms with E-state index in [2.05, 4.69) is 0 Å². The number of aryl methyl sites for hydroxylation is 1. The topological polar surface area (TPSA) is 43.4 Å². The van der Waals surface area contributed by atoms with E-state index in [1.807, 2.05) is 6.92 Å². The van der Waals surface area contributed by atoms with Crippen LogP contribution in [0.3, 0.4) is 0 Å². The Morgan fingerprint density at radius 2 is 1.74 bits per heavy atom. The fraction of sp³-hybridized carbons (Fsp3) is 0.0769. The van der Waals surface area contributed by atoms with E-state index in [0.717, 1.165) is 22.0 Å². The number of hydrogen-bond donors (Lipinski definition) is 0. The summed E-state index contributed by atoms with van der Waals surface area (Å²) in [6.45, 7) is 1.85. The first-order valence-electron chi connectivity index (χ1n) is 5.40. The lowest BCUT2D eigenvalue weighted by Crippen LogP contribution is -2.20. The van der Waals surface area contributed by atoms with Crippen LogP contribution in [0.25, 0.3) is 0 Å². The number of rotatable bonds is 3. The summed E-state index contributed by atoms with van der Waals surface area (Å²) in [5, 5.41) is 0. The summed E-state index contributed by atoms with van der Waals surface area (Å²) in [6, 6.07) is 9.24. The van der Waals surface area contributed by atoms with E-state index in [0.29, 0.717) is 6.07 Å². The lowest BCUT2D eigenvalue weighted by atomic mass is 10.2. The number of anilines is 2. The van der Waals surface area contributed by atoms with E-state index in [1.165, 1.54) is 0 Å². The van der Waals surface area contributed by atoms with E-state index in [4.69, 9.17) is 0 Å². The molecule has 1 atom stereocenters. The van der Waals surface area contributed by atoms with Crippen LogP contribution in [0.5, 0.6) is 0 Å². The van der Waals surface area contributed by atoms with Crippen LogP contribution >= 0.6 is 0 Å². The third kappa shape index (κ3) is 2.97. The van der Waals surface area contributed by atoms with Gasteiger partial charge in [0.2, 0.25) is 0 Å². The van der Waals surface area contributed by atoms with E-state index in [-0.39, 0.29) is 11.4 Å². The van der Waals surface area contributed by atoms with Crippen molar-refractivity contribution < 1.29 is 17.5 Å². The Morgan fingerprint density at radius 3 is 2.26 bits per heavy atom. The van der Waals surface area contributed by atoms with E-state index < -0.39 is 22.9 Å². The highest BCUT2D eigenvalue weighted by molar-refractivity contribution is 7.81. The van der Waals surface area contributed by atoms with Gasteiger partial charge in [-0.3, -0.25) is 8.51 Å². The van der Waals surface area contributed by atoms with Crippen molar-refractivity contribution in [2.45, 2.75) is 6.92 Å². The van der Waals surface area contributed by atoms with Gasteiger partial charge in [0.15, 0.2) is 5.82 Å². The molecule has 0 aliphatic carbocycles. The molecule has 0 aromatic heterocycles. The van der Waals surface area contributed by atoms with Gasteiger partial charge in [0.25, 0.3) is 0 Å². The van der Waals surface area contributed by atoms with Crippen LogP contribution in [0.4, 0.5) is 20.2 Å². The van der Waals surface area contributed by atoms with Gasteiger partial charge in [-0.15, -0.1) is 0 Å². The highest BCUT2D eigenvalue weighted by Gasteiger charge is 2.15. The van der Waals surface area contributed by atoms with Crippen LogP contribution in [0, 0.1) is 18.6 Å². The first kappa shape index (κ1) is 13.6. The van der Waals surface area contributed by atoms with E-state index >= 15 is 0 Å². The zero-order valence-electron chi connectivity index (χ0n) is 9.97. The van der Waals surface area contributed by atoms with Crippen LogP contribution in [0.15, 0.2) is 42.5 Å². The molecule has 0 aliphatic rings. The van der Waals surface area contributed by atoms with Crippen molar-refractivity contribution in [3.8, 4) is 0 Å². The van der Waals surface area contributed by atoms with Crippen LogP contribution in [-0.4, -0.2) is 8.76 Å². The normalized spacial score (nSPS) is 12.2. The largest absolute Gasteiger partial charge is 0.755 e. The van der Waals surface area contributed by atoms with Gasteiger partial charge in [-0.05, 0) is 31.2 Å². The summed E-state index contributed by atoms with van der Waals surface area (Å²) < 4.78 is 49.9. The van der Waals surface area contributed by atoms with Crippen LogP contribution in [0.2, 0.25) is 0 Å². The van der Waals surface area contributed by atoms with Gasteiger partial charge in [-0.25, -0.2) is 8.78 Å². The second kappa shape index (κ2) is 5.46. The minimum absolute atomic E-state index is 0.224. The number of hydrogen-bond acceptors (Lipinski definition) is 2. The van der Waals surface area contributed by atoms with E-state index in [1.54, 1.807) is 24.3 Å². The van der Waals surface area contributed by atoms with Gasteiger partial charge in [0.05, 0.1) is 22.6 Å². The molecular weight excluding hydrogens is 272 g/mol. The summed E-state index contributed by atoms with van der Waals surface area (Å²) in [5.74, 6) is -1.70. The number of benzene rings is 2. The fourth-order valence-corrected chi connectivity index (χ4v) is 2.23. The Morgan fingerprint density at radius 1 is 1.11 bits per heavy atom. The quantitative estimate of drug-likeness (QED) is 0.811. The minimum atomic E-state index is -2.71. The second-order valence-corrected chi connectivity index (χ2v) is 4.74. The molecule has 0 amide bonds. The molecule has 0 fully saturated rings. The molecule has 100 valence electrons. The molecule has 0 bridgehead atoms. The monoisotopic (exact) mass is 282 g/mol. The molecule has 19 heavy (non-hydrogen) atoms. The van der Waals surface area contributed by atoms with Crippen molar-refractivity contribution in [2.75, 3.05) is 4.31 Å². The van der Waals surface area contributed by atoms with Gasteiger partial charge < -0.3 is 4.55 Å². The summed E-state index contributed by atoms with van der Waals surface area (Å²) >= 11 is -2.71. The maximum absolute atomic E-state index is 13.7. The van der Waals surface area contributed by atoms with Crippen molar-refractivity contribution in [3.63, 3.8) is 0 Å². The fourth-order valence-electron chi connectivity index (χ4n) is 1.63. The van der Waals surface area contributed by atoms with Crippen molar-refractivity contribution >= 4 is 22.6 Å². The molecule has 0 aliphatic heterocycles. The Kier molecular flexibility index (Phi) is 3.92. The molecule has 6 heteroatoms. The molecular formula is C13H10F2NO2S-. The Bertz CT molecular complexity index is 617. The third-order valence-electron chi connectivity index (χ3n) is 2.55. The molecule has 0 radical (unpaired) electrons. The van der Waals surface area contributed by atoms with Gasteiger partial charge >= 0.3 is 0 Å². The average molecular weight is 282 g/mol. The first-order valence-corrected chi connectivity index (χ1v) is 6.43. The molecule has 2 aromatic rings. The molecule has 2 aromatic carbocycles. The molecule has 1 unspecified atom stereocenters. The molecule has 0 N–H and O–H groups in total. The zero-order chi connectivity index (χ0) is 14.0. The summed E-state index contributed by atoms with van der Waals surface area (Å²) in [4.78, 5) is 0. The smallest absolute Gasteiger partial charge is 0.150 e. The highest BCUT2D eigenvalue weighted by atomic mass is 32.2. The lowest BCUT2D eigenvalue weighted by Gasteiger charge is -2.26. The van der Waals surface area contributed by atoms with Crippen molar-refractivity contribution in [1.29, 1.82) is 0 Å². The van der Waals surface area contributed by atoms with Crippen molar-refractivity contribution in [1.82, 2.24) is 0 Å². The number of nitrogens with zero attached hydrogens (tertiary/aromatic N) is 1. The Hall–Kier alpha value is -1.79. The highest BCUT2D eigenvalue weighted by Crippen LogP contribution is 2.29. The predicted molar refractivity (Wildman–Crippen MR) is 68.6 cm³/mol. The summed E-state index contributed by atoms with van der Waals surface area (Å²) in [6.07, 6.45) is 0. The first-order chi connectivity index (χ1) is 8.99. The second-order valence-electron chi connectivity index (χ2n) is 3.94. The van der Waals surface area contributed by atoms with Crippen molar-refractivity contribution in [2.24, 2.45) is 0 Å². The zero-order valence-corrected chi connectivity index (χ0v) is 10.8. The molecule has 2 rings (SSSR count). The molecule has 3 nitrogen and oxygen atoms in total. The third-order valence-corrected chi connectivity index (χ3v) is 3.25. The van der Waals surface area contributed by atoms with Crippen LogP contribution < -0.4 is 4.31 Å². The Balaban J connectivity index is 2.51. The minimum Gasteiger partial charge on any atom is -0.755 e. The summed E-state index contributed by atoms with van der Waals surface area (Å²) in [7, 11) is 0. The van der Waals surface area contributed by atoms with Crippen LogP contribution in [0.1, 0.15) is 5.56 Å². The molecule has 0 heterocycles. The van der Waals surface area contributed by atoms with E-state index in [9.17, 15) is 17.5 Å². The summed E-state index contributed by atoms with van der Waals surface area (Å²) in [5.41, 5.74) is 1.00. The number of halogens is 2. The Labute approximate surface area is 111 Å². The van der Waals surface area contributed by atoms with Crippen molar-refractivity contribution in [3.05, 3.63) is 59.7 Å². The average Bonchev–Trinajstić information content (AvgIpc) is 2.34. The lowest BCUT2D eigenvalue weighted by molar-refractivity contribution is 0.534. The standard InChI is InChI=1S/C13H11F2NO2S/c1-9-2-5-11(6-3-9)16(19(17)18)13-7-4-10(14)8-12(13)15/h2-8H,1H3,(H,17,18)/p-1. The molecule has 0 saturated heterocycles. The van der Waals surface area contributed by atoms with Gasteiger partial charge in [-0.2, -0.15) is 0 Å². The molecule has 0 spiro atoms. The van der Waals surface area contributed by atoms with Gasteiger partial charge in [0.1, 0.15) is 5.82 Å². The maximum Gasteiger partial charge on any atom is 0.150 e. The maximum atomic E-state index is 13.7. The SMILES string of the molecule is Cc1ccc(N(c2ccc(F)cc2F)S(=O)[O-])cc1. The van der Waals surface area contributed by atoms with Gasteiger partial charge in [0, 0.05) is 6.07 Å². The molecule has 0 saturated carbocycles. The van der Waals surface area contributed by atoms with Crippen LogP contribution in [-0.2, 0) is 11.3 Å². The van der Waals surface area contributed by atoms with Gasteiger partial charge in [-0.1, -0.05) is 17.7 Å². The predicted octanol–water partition coefficient (Wildman–Crippen LogP) is 3.21.